The summed E-state index contributed by atoms with van der Waals surface area (Å²) in [5.41, 5.74) is 0.868. The zero-order chi connectivity index (χ0) is 16.3. The number of hydrogen-bond acceptors (Lipinski definition) is 4. The van der Waals surface area contributed by atoms with Gasteiger partial charge in [-0.25, -0.2) is 4.79 Å². The highest BCUT2D eigenvalue weighted by Gasteiger charge is 2.16. The molecule has 0 heterocycles. The molecule has 22 heavy (non-hydrogen) atoms. The van der Waals surface area contributed by atoms with Crippen LogP contribution in [0.5, 0.6) is 0 Å². The number of amides is 1. The Bertz CT molecular complexity index is 753. The van der Waals surface area contributed by atoms with E-state index in [9.17, 15) is 19.7 Å². The second kappa shape index (κ2) is 6.04. The van der Waals surface area contributed by atoms with Crippen molar-refractivity contribution in [1.29, 1.82) is 0 Å². The Balaban J connectivity index is 2.29. The number of benzene rings is 2. The van der Waals surface area contributed by atoms with Gasteiger partial charge in [0, 0.05) is 17.7 Å². The molecule has 0 radical (unpaired) electrons. The number of anilines is 1. The zero-order valence-corrected chi connectivity index (χ0v) is 11.6. The van der Waals surface area contributed by atoms with Crippen LogP contribution in [0.3, 0.4) is 0 Å². The maximum atomic E-state index is 12.1. The van der Waals surface area contributed by atoms with Crippen LogP contribution < -0.4 is 5.32 Å². The van der Waals surface area contributed by atoms with Crippen molar-refractivity contribution in [3.05, 3.63) is 69.3 Å². The molecule has 7 heteroatoms. The van der Waals surface area contributed by atoms with Crippen LogP contribution >= 0.6 is 0 Å². The average molecular weight is 300 g/mol. The summed E-state index contributed by atoms with van der Waals surface area (Å²) < 4.78 is 0. The molecule has 2 N–H and O–H groups in total. The summed E-state index contributed by atoms with van der Waals surface area (Å²) in [6, 6.07) is 9.70. The largest absolute Gasteiger partial charge is 0.478 e. The molecular weight excluding hydrogens is 288 g/mol. The van der Waals surface area contributed by atoms with Crippen molar-refractivity contribution < 1.29 is 19.6 Å². The lowest BCUT2D eigenvalue weighted by Gasteiger charge is -2.11. The highest BCUT2D eigenvalue weighted by atomic mass is 16.6. The fraction of sp³-hybridized carbons (Fsp3) is 0.0667. The second-order valence-electron chi connectivity index (χ2n) is 4.56. The van der Waals surface area contributed by atoms with E-state index in [0.29, 0.717) is 5.56 Å². The number of para-hydroxylation sites is 1. The van der Waals surface area contributed by atoms with Gasteiger partial charge >= 0.3 is 5.97 Å². The first-order valence-corrected chi connectivity index (χ1v) is 6.29. The van der Waals surface area contributed by atoms with Crippen molar-refractivity contribution in [3.63, 3.8) is 0 Å². The van der Waals surface area contributed by atoms with Gasteiger partial charge in [0.1, 0.15) is 0 Å². The molecule has 7 nitrogen and oxygen atoms in total. The number of carboxylic acids is 1. The average Bonchev–Trinajstić information content (AvgIpc) is 2.49. The topological polar surface area (TPSA) is 110 Å². The first-order valence-electron chi connectivity index (χ1n) is 6.29. The normalized spacial score (nSPS) is 10.0. The number of nitrogens with zero attached hydrogens (tertiary/aromatic N) is 1. The molecule has 2 aromatic rings. The molecule has 2 rings (SSSR count). The quantitative estimate of drug-likeness (QED) is 0.666. The summed E-state index contributed by atoms with van der Waals surface area (Å²) in [6.07, 6.45) is 0. The lowest BCUT2D eigenvalue weighted by atomic mass is 10.1. The first-order chi connectivity index (χ1) is 10.4. The van der Waals surface area contributed by atoms with E-state index in [1.807, 2.05) is 0 Å². The highest BCUT2D eigenvalue weighted by molar-refractivity contribution is 6.08. The van der Waals surface area contributed by atoms with Gasteiger partial charge in [-0.05, 0) is 30.7 Å². The number of carbonyl (C=O) groups excluding carboxylic acids is 1. The number of non-ortho nitro benzene ring substituents is 1. The van der Waals surface area contributed by atoms with E-state index < -0.39 is 16.8 Å². The smallest absolute Gasteiger partial charge is 0.337 e. The molecule has 0 spiro atoms. The standard InChI is InChI=1S/C15H12N2O5/c1-9-3-2-4-12(15(19)20)13(9)16-14(18)10-5-7-11(8-6-10)17(21)22/h2-8H,1H3,(H,16,18)(H,19,20). The van der Waals surface area contributed by atoms with E-state index in [4.69, 9.17) is 5.11 Å². The van der Waals surface area contributed by atoms with Gasteiger partial charge in [0.05, 0.1) is 16.2 Å². The Morgan fingerprint density at radius 1 is 1.14 bits per heavy atom. The maximum Gasteiger partial charge on any atom is 0.337 e. The molecule has 0 unspecified atom stereocenters. The van der Waals surface area contributed by atoms with E-state index in [0.717, 1.165) is 0 Å². The first kappa shape index (κ1) is 15.2. The Labute approximate surface area is 125 Å². The minimum absolute atomic E-state index is 0.0183. The van der Waals surface area contributed by atoms with Crippen molar-refractivity contribution in [3.8, 4) is 0 Å². The lowest BCUT2D eigenvalue weighted by molar-refractivity contribution is -0.384. The number of aryl methyl sites for hydroxylation is 1. The van der Waals surface area contributed by atoms with E-state index in [-0.39, 0.29) is 22.5 Å². The number of nitrogens with one attached hydrogen (secondary N) is 1. The summed E-state index contributed by atoms with van der Waals surface area (Å²) in [5, 5.41) is 22.3. The number of carbonyl (C=O) groups is 2. The predicted octanol–water partition coefficient (Wildman–Crippen LogP) is 2.85. The summed E-state index contributed by atoms with van der Waals surface area (Å²) in [7, 11) is 0. The van der Waals surface area contributed by atoms with Gasteiger partial charge in [0.15, 0.2) is 0 Å². The van der Waals surface area contributed by atoms with Gasteiger partial charge in [-0.15, -0.1) is 0 Å². The van der Waals surface area contributed by atoms with Crippen molar-refractivity contribution >= 4 is 23.3 Å². The number of hydrogen-bond donors (Lipinski definition) is 2. The second-order valence-corrected chi connectivity index (χ2v) is 4.56. The van der Waals surface area contributed by atoms with Gasteiger partial charge in [-0.1, -0.05) is 12.1 Å². The van der Waals surface area contributed by atoms with Crippen molar-refractivity contribution in [2.75, 3.05) is 5.32 Å². The molecule has 0 fully saturated rings. The van der Waals surface area contributed by atoms with Crippen molar-refractivity contribution in [1.82, 2.24) is 0 Å². The Morgan fingerprint density at radius 3 is 2.32 bits per heavy atom. The van der Waals surface area contributed by atoms with Crippen molar-refractivity contribution in [2.24, 2.45) is 0 Å². The molecule has 0 bridgehead atoms. The molecule has 0 aliphatic heterocycles. The highest BCUT2D eigenvalue weighted by Crippen LogP contribution is 2.22. The van der Waals surface area contributed by atoms with Crippen LogP contribution in [0.1, 0.15) is 26.3 Å². The van der Waals surface area contributed by atoms with Gasteiger partial charge in [0.2, 0.25) is 0 Å². The minimum Gasteiger partial charge on any atom is -0.478 e. The van der Waals surface area contributed by atoms with Crippen LogP contribution in [0.2, 0.25) is 0 Å². The molecular formula is C15H12N2O5. The number of nitro groups is 1. The third-order valence-electron chi connectivity index (χ3n) is 3.08. The van der Waals surface area contributed by atoms with Gasteiger partial charge < -0.3 is 10.4 Å². The van der Waals surface area contributed by atoms with Gasteiger partial charge in [-0.2, -0.15) is 0 Å². The van der Waals surface area contributed by atoms with Crippen molar-refractivity contribution in [2.45, 2.75) is 6.92 Å². The van der Waals surface area contributed by atoms with Crippen LogP contribution in [0.15, 0.2) is 42.5 Å². The van der Waals surface area contributed by atoms with Crippen LogP contribution in [0, 0.1) is 17.0 Å². The van der Waals surface area contributed by atoms with E-state index in [2.05, 4.69) is 5.32 Å². The van der Waals surface area contributed by atoms with Crippen LogP contribution in [0.4, 0.5) is 11.4 Å². The summed E-state index contributed by atoms with van der Waals surface area (Å²) >= 11 is 0. The molecule has 0 atom stereocenters. The molecule has 112 valence electrons. The third-order valence-corrected chi connectivity index (χ3v) is 3.08. The van der Waals surface area contributed by atoms with E-state index >= 15 is 0 Å². The summed E-state index contributed by atoms with van der Waals surface area (Å²) in [6.45, 7) is 1.68. The fourth-order valence-corrected chi connectivity index (χ4v) is 1.93. The summed E-state index contributed by atoms with van der Waals surface area (Å²) in [4.78, 5) is 33.3. The van der Waals surface area contributed by atoms with E-state index in [1.165, 1.54) is 30.3 Å². The fourth-order valence-electron chi connectivity index (χ4n) is 1.93. The molecule has 0 aromatic heterocycles. The molecule has 1 amide bonds. The SMILES string of the molecule is Cc1cccc(C(=O)O)c1NC(=O)c1ccc([N+](=O)[O-])cc1. The van der Waals surface area contributed by atoms with Crippen LogP contribution in [-0.2, 0) is 0 Å². The van der Waals surface area contributed by atoms with Crippen LogP contribution in [-0.4, -0.2) is 21.9 Å². The number of carboxylic acid groups (broad SMARTS) is 1. The third kappa shape index (κ3) is 3.09. The van der Waals surface area contributed by atoms with Crippen LogP contribution in [0.25, 0.3) is 0 Å². The number of aromatic carboxylic acids is 1. The van der Waals surface area contributed by atoms with E-state index in [1.54, 1.807) is 19.1 Å². The number of nitro benzene ring substituents is 1. The minimum atomic E-state index is -1.15. The predicted molar refractivity (Wildman–Crippen MR) is 79.2 cm³/mol. The molecule has 2 aromatic carbocycles. The molecule has 0 saturated carbocycles. The zero-order valence-electron chi connectivity index (χ0n) is 11.6. The Hall–Kier alpha value is -3.22. The Kier molecular flexibility index (Phi) is 4.17. The Morgan fingerprint density at radius 2 is 1.77 bits per heavy atom. The lowest BCUT2D eigenvalue weighted by Crippen LogP contribution is -2.15. The molecule has 0 aliphatic carbocycles. The van der Waals surface area contributed by atoms with Gasteiger partial charge in [-0.3, -0.25) is 14.9 Å². The molecule has 0 aliphatic rings. The number of rotatable bonds is 4. The summed E-state index contributed by atoms with van der Waals surface area (Å²) in [5.74, 6) is -1.69. The van der Waals surface area contributed by atoms with Gasteiger partial charge in [0.25, 0.3) is 11.6 Å². The maximum absolute atomic E-state index is 12.1. The monoisotopic (exact) mass is 300 g/mol. The molecule has 0 saturated heterocycles.